The predicted octanol–water partition coefficient (Wildman–Crippen LogP) is 2.16. The van der Waals surface area contributed by atoms with Crippen LogP contribution in [0.1, 0.15) is 6.92 Å². The molecule has 6 nitrogen and oxygen atoms in total. The monoisotopic (exact) mass is 540 g/mol. The number of hydrogen-bond donors (Lipinski definition) is 1. The van der Waals surface area contributed by atoms with Gasteiger partial charge in [-0.15, -0.1) is 22.7 Å². The van der Waals surface area contributed by atoms with Gasteiger partial charge in [0.15, 0.2) is 0 Å². The van der Waals surface area contributed by atoms with Gasteiger partial charge in [0.05, 0.1) is 29.4 Å². The molecular formula is C16H11Br2N2NaO4S2. The number of ether oxygens (including phenoxy) is 1. The summed E-state index contributed by atoms with van der Waals surface area (Å²) in [5.74, 6) is -0.0452. The number of hydrogen-bond acceptors (Lipinski definition) is 7. The number of esters is 1. The zero-order valence-electron chi connectivity index (χ0n) is 14.2. The number of thiophene rings is 2. The van der Waals surface area contributed by atoms with Crippen molar-refractivity contribution in [2.24, 2.45) is 0 Å². The number of rotatable bonds is 1. The number of halogens is 2. The van der Waals surface area contributed by atoms with E-state index in [0.717, 1.165) is 20.4 Å². The van der Waals surface area contributed by atoms with Crippen molar-refractivity contribution < 1.29 is 44.6 Å². The van der Waals surface area contributed by atoms with E-state index in [2.05, 4.69) is 41.8 Å². The standard InChI is InChI=1S/C9H6BrNO2S.C7H4BrNOS.Na.H2O/c1-5(12)13-9-6(10)4-8-7(11-9)2-3-14-8;8-4-3-6-5(1-2-11-6)9-7(4)10;;/h2-4H,1H3;1-3H,(H,9,10);;1H2/q;;+1;/p-1. The quantitative estimate of drug-likeness (QED) is 0.294. The van der Waals surface area contributed by atoms with Crippen LogP contribution in [-0.4, -0.2) is 21.4 Å². The molecule has 0 aliphatic heterocycles. The molecule has 0 fully saturated rings. The Morgan fingerprint density at radius 2 is 1.74 bits per heavy atom. The number of fused-ring (bicyclic) bond motifs is 2. The Kier molecular flexibility index (Phi) is 9.80. The van der Waals surface area contributed by atoms with Crippen molar-refractivity contribution in [3.8, 4) is 5.88 Å². The van der Waals surface area contributed by atoms with E-state index in [-0.39, 0.29) is 46.6 Å². The first kappa shape index (κ1) is 24.4. The molecule has 0 bridgehead atoms. The van der Waals surface area contributed by atoms with E-state index in [0.29, 0.717) is 14.8 Å². The second kappa shape index (κ2) is 10.8. The number of pyridine rings is 2. The van der Waals surface area contributed by atoms with E-state index in [9.17, 15) is 9.59 Å². The molecule has 2 N–H and O–H groups in total. The Morgan fingerprint density at radius 3 is 2.44 bits per heavy atom. The van der Waals surface area contributed by atoms with E-state index < -0.39 is 0 Å². The summed E-state index contributed by atoms with van der Waals surface area (Å²) in [6, 6.07) is 7.51. The number of nitrogens with zero attached hydrogens (tertiary/aromatic N) is 1. The van der Waals surface area contributed by atoms with Crippen LogP contribution in [0.5, 0.6) is 5.88 Å². The summed E-state index contributed by atoms with van der Waals surface area (Å²) in [4.78, 5) is 28.7. The third-order valence-electron chi connectivity index (χ3n) is 3.02. The van der Waals surface area contributed by atoms with Crippen molar-refractivity contribution in [2.75, 3.05) is 0 Å². The number of aromatic amines is 1. The largest absolute Gasteiger partial charge is 1.00 e. The summed E-state index contributed by atoms with van der Waals surface area (Å²) < 4.78 is 8.37. The molecule has 4 aromatic rings. The fourth-order valence-electron chi connectivity index (χ4n) is 1.96. The molecule has 4 heterocycles. The van der Waals surface area contributed by atoms with Crippen molar-refractivity contribution in [3.63, 3.8) is 0 Å². The van der Waals surface area contributed by atoms with Gasteiger partial charge in [-0.25, -0.2) is 4.98 Å². The Balaban J connectivity index is 0.000000257. The maximum atomic E-state index is 11.0. The zero-order chi connectivity index (χ0) is 18.0. The zero-order valence-corrected chi connectivity index (χ0v) is 21.0. The van der Waals surface area contributed by atoms with Crippen LogP contribution < -0.4 is 39.9 Å². The summed E-state index contributed by atoms with van der Waals surface area (Å²) in [5, 5.41) is 3.90. The molecule has 27 heavy (non-hydrogen) atoms. The van der Waals surface area contributed by atoms with Gasteiger partial charge in [0, 0.05) is 6.92 Å². The summed E-state index contributed by atoms with van der Waals surface area (Å²) in [6.07, 6.45) is 0. The van der Waals surface area contributed by atoms with E-state index in [1.54, 1.807) is 22.7 Å². The normalized spacial score (nSPS) is 9.74. The third-order valence-corrected chi connectivity index (χ3v) is 5.89. The molecule has 0 spiro atoms. The van der Waals surface area contributed by atoms with E-state index >= 15 is 0 Å². The Morgan fingerprint density at radius 1 is 1.11 bits per heavy atom. The van der Waals surface area contributed by atoms with E-state index in [4.69, 9.17) is 4.74 Å². The smallest absolute Gasteiger partial charge is 0.870 e. The molecule has 0 saturated carbocycles. The fourth-order valence-corrected chi connectivity index (χ4v) is 4.54. The molecule has 136 valence electrons. The Labute approximate surface area is 200 Å². The van der Waals surface area contributed by atoms with Crippen LogP contribution in [0.4, 0.5) is 0 Å². The molecule has 0 amide bonds. The molecule has 11 heteroatoms. The summed E-state index contributed by atoms with van der Waals surface area (Å²) in [6.45, 7) is 1.35. The summed E-state index contributed by atoms with van der Waals surface area (Å²) in [5.41, 5.74) is 1.67. The third kappa shape index (κ3) is 6.20. The van der Waals surface area contributed by atoms with E-state index in [1.807, 2.05) is 35.0 Å². The molecule has 0 unspecified atom stereocenters. The van der Waals surface area contributed by atoms with Crippen LogP contribution in [-0.2, 0) is 4.79 Å². The average molecular weight is 542 g/mol. The van der Waals surface area contributed by atoms with Crippen LogP contribution in [0.25, 0.3) is 20.4 Å². The molecule has 0 atom stereocenters. The Bertz CT molecular complexity index is 1130. The molecule has 0 aliphatic carbocycles. The second-order valence-corrected chi connectivity index (χ2v) is 8.42. The van der Waals surface area contributed by atoms with Gasteiger partial charge < -0.3 is 15.2 Å². The van der Waals surface area contributed by atoms with Gasteiger partial charge >= 0.3 is 35.5 Å². The van der Waals surface area contributed by atoms with Gasteiger partial charge in [-0.1, -0.05) is 0 Å². The first-order chi connectivity index (χ1) is 11.9. The molecule has 0 saturated heterocycles. The van der Waals surface area contributed by atoms with Gasteiger partial charge in [0.25, 0.3) is 5.56 Å². The minimum atomic E-state index is -0.368. The average Bonchev–Trinajstić information content (AvgIpc) is 3.17. The SMILES string of the molecule is CC(=O)Oc1nc2ccsc2cc1Br.O=c1[nH]c2ccsc2cc1Br.[Na+].[OH-]. The van der Waals surface area contributed by atoms with Gasteiger partial charge in [0.2, 0.25) is 5.88 Å². The summed E-state index contributed by atoms with van der Waals surface area (Å²) >= 11 is 9.67. The van der Waals surface area contributed by atoms with Gasteiger partial charge in [0.1, 0.15) is 0 Å². The van der Waals surface area contributed by atoms with E-state index in [1.165, 1.54) is 6.92 Å². The molecule has 0 aromatic carbocycles. The van der Waals surface area contributed by atoms with Gasteiger partial charge in [-0.2, -0.15) is 0 Å². The number of carbonyl (C=O) groups is 1. The topological polar surface area (TPSA) is 102 Å². The number of aromatic nitrogens is 2. The first-order valence-electron chi connectivity index (χ1n) is 6.92. The van der Waals surface area contributed by atoms with Crippen molar-refractivity contribution in [3.05, 3.63) is 54.3 Å². The number of H-pyrrole nitrogens is 1. The van der Waals surface area contributed by atoms with Crippen molar-refractivity contribution in [1.82, 2.24) is 9.97 Å². The van der Waals surface area contributed by atoms with Crippen molar-refractivity contribution in [1.29, 1.82) is 0 Å². The maximum absolute atomic E-state index is 11.0. The van der Waals surface area contributed by atoms with Crippen LogP contribution >= 0.6 is 54.5 Å². The second-order valence-electron chi connectivity index (χ2n) is 4.82. The van der Waals surface area contributed by atoms with Gasteiger partial charge in [-0.05, 0) is 66.9 Å². The van der Waals surface area contributed by atoms with Crippen molar-refractivity contribution >= 4 is 80.9 Å². The van der Waals surface area contributed by atoms with Crippen LogP contribution in [0.3, 0.4) is 0 Å². The van der Waals surface area contributed by atoms with Gasteiger partial charge in [-0.3, -0.25) is 9.59 Å². The number of carbonyl (C=O) groups excluding carboxylic acids is 1. The molecule has 0 radical (unpaired) electrons. The first-order valence-corrected chi connectivity index (χ1v) is 10.3. The minimum absolute atomic E-state index is 0. The van der Waals surface area contributed by atoms with Crippen LogP contribution in [0, 0.1) is 0 Å². The molecule has 4 rings (SSSR count). The molecule has 4 aromatic heterocycles. The molecular weight excluding hydrogens is 531 g/mol. The minimum Gasteiger partial charge on any atom is -0.870 e. The number of nitrogens with one attached hydrogen (secondary N) is 1. The maximum Gasteiger partial charge on any atom is 1.00 e. The molecule has 0 aliphatic rings. The van der Waals surface area contributed by atoms with Crippen LogP contribution in [0.15, 0.2) is 48.8 Å². The fraction of sp³-hybridized carbons (Fsp3) is 0.0625. The Hall–Kier alpha value is -0.590. The predicted molar refractivity (Wildman–Crippen MR) is 111 cm³/mol. The summed E-state index contributed by atoms with van der Waals surface area (Å²) in [7, 11) is 0. The van der Waals surface area contributed by atoms with Crippen LogP contribution in [0.2, 0.25) is 0 Å². The van der Waals surface area contributed by atoms with Crippen molar-refractivity contribution in [2.45, 2.75) is 6.92 Å².